The van der Waals surface area contributed by atoms with E-state index in [0.717, 1.165) is 20.8 Å². The van der Waals surface area contributed by atoms with Gasteiger partial charge in [-0.2, -0.15) is 0 Å². The molecule has 27 heteroatoms. The Balaban J connectivity index is 1.70. The van der Waals surface area contributed by atoms with Crippen molar-refractivity contribution < 1.29 is 118 Å². The van der Waals surface area contributed by atoms with Crippen LogP contribution in [0.5, 0.6) is 0 Å². The molecule has 4 heterocycles. The number of amides is 3. The smallest absolute Gasteiger partial charge is 0.367 e. The van der Waals surface area contributed by atoms with Crippen molar-refractivity contribution in [3.63, 3.8) is 0 Å². The van der Waals surface area contributed by atoms with Gasteiger partial charge in [-0.05, 0) is 0 Å². The standard InChI is InChI=1S/C33H51N3O24/c1-10(39)34-19-13(42)4-31(54,28(49)50)58-26(19)23(47)17(8-38)56-32(29(51)52)5-14(43)21(36-12(3)41)27(59-32)24(48)18-9-55-30(53)33(57-18)6-15(44)20(35-11(2)40)25(60-33)22(46)16(45)7-37/h13-27,37-38,42-48,54H,4-9H2,1-3H3,(H,34,39)(H,35,40)(H,36,41)(H,49,50)(H,51,52)/t13-,14-,15-,16+,17+,18-,19+,20+,21+,22+,23+,24+,25+,26+,27+,31-,32+,33+/m0/s1. The number of aliphatic hydroxyl groups excluding tert-OH is 9. The largest absolute Gasteiger partial charge is 0.477 e. The minimum absolute atomic E-state index is 0.759. The lowest BCUT2D eigenvalue weighted by Gasteiger charge is -2.52. The first kappa shape index (κ1) is 48.9. The van der Waals surface area contributed by atoms with Crippen molar-refractivity contribution in [3.05, 3.63) is 0 Å². The lowest BCUT2D eigenvalue weighted by atomic mass is 9.86. The number of aliphatic hydroxyl groups is 10. The molecule has 4 rings (SSSR count). The van der Waals surface area contributed by atoms with Crippen LogP contribution in [-0.4, -0.2) is 225 Å². The van der Waals surface area contributed by atoms with Gasteiger partial charge < -0.3 is 106 Å². The van der Waals surface area contributed by atoms with Crippen LogP contribution in [0.2, 0.25) is 0 Å². The lowest BCUT2D eigenvalue weighted by Crippen LogP contribution is -2.72. The Kier molecular flexibility index (Phi) is 15.6. The number of carboxylic acid groups (broad SMARTS) is 2. The molecule has 0 aromatic carbocycles. The molecule has 4 saturated heterocycles. The van der Waals surface area contributed by atoms with Gasteiger partial charge in [0.05, 0.1) is 49.7 Å². The first-order chi connectivity index (χ1) is 27.8. The second-order valence-electron chi connectivity index (χ2n) is 15.0. The molecule has 3 amide bonds. The van der Waals surface area contributed by atoms with E-state index >= 15 is 0 Å². The van der Waals surface area contributed by atoms with E-state index in [-0.39, 0.29) is 0 Å². The van der Waals surface area contributed by atoms with Crippen molar-refractivity contribution in [1.82, 2.24) is 16.0 Å². The molecule has 0 aromatic rings. The fourth-order valence-corrected chi connectivity index (χ4v) is 7.57. The fourth-order valence-electron chi connectivity index (χ4n) is 7.57. The predicted molar refractivity (Wildman–Crippen MR) is 184 cm³/mol. The van der Waals surface area contributed by atoms with Crippen molar-refractivity contribution in [2.24, 2.45) is 0 Å². The summed E-state index contributed by atoms with van der Waals surface area (Å²) in [7, 11) is 0. The number of cyclic esters (lactones) is 1. The molecule has 0 radical (unpaired) electrons. The Labute approximate surface area is 338 Å². The Morgan fingerprint density at radius 1 is 0.700 bits per heavy atom. The van der Waals surface area contributed by atoms with E-state index in [9.17, 15) is 90.0 Å². The third-order valence-electron chi connectivity index (χ3n) is 10.4. The Morgan fingerprint density at radius 3 is 1.68 bits per heavy atom. The van der Waals surface area contributed by atoms with Gasteiger partial charge in [0.25, 0.3) is 17.4 Å². The number of carbonyl (C=O) groups excluding carboxylic acids is 4. The summed E-state index contributed by atoms with van der Waals surface area (Å²) in [6.07, 6.45) is -28.1. The molecule has 15 N–H and O–H groups in total. The zero-order valence-corrected chi connectivity index (χ0v) is 32.2. The number of carbonyl (C=O) groups is 6. The number of nitrogens with one attached hydrogen (secondary N) is 3. The number of rotatable bonds is 15. The van der Waals surface area contributed by atoms with Crippen LogP contribution in [0.4, 0.5) is 0 Å². The maximum absolute atomic E-state index is 13.3. The molecule has 0 unspecified atom stereocenters. The van der Waals surface area contributed by atoms with Gasteiger partial charge >= 0.3 is 17.9 Å². The quantitative estimate of drug-likeness (QED) is 0.0679. The highest BCUT2D eigenvalue weighted by Gasteiger charge is 2.63. The second kappa shape index (κ2) is 19.1. The summed E-state index contributed by atoms with van der Waals surface area (Å²) in [5.41, 5.74) is 0. The minimum Gasteiger partial charge on any atom is -0.477 e. The summed E-state index contributed by atoms with van der Waals surface area (Å²) >= 11 is 0. The van der Waals surface area contributed by atoms with Crippen LogP contribution in [0, 0.1) is 0 Å². The van der Waals surface area contributed by atoms with Gasteiger partial charge in [-0.15, -0.1) is 0 Å². The third-order valence-corrected chi connectivity index (χ3v) is 10.4. The molecule has 1 spiro atoms. The van der Waals surface area contributed by atoms with Crippen molar-refractivity contribution >= 4 is 35.6 Å². The molecular weight excluding hydrogens is 822 g/mol. The Hall–Kier alpha value is -3.78. The van der Waals surface area contributed by atoms with Gasteiger partial charge in [0.15, 0.2) is 0 Å². The van der Waals surface area contributed by atoms with Crippen molar-refractivity contribution in [3.8, 4) is 0 Å². The summed E-state index contributed by atoms with van der Waals surface area (Å²) in [4.78, 5) is 74.3. The van der Waals surface area contributed by atoms with Crippen LogP contribution < -0.4 is 16.0 Å². The summed E-state index contributed by atoms with van der Waals surface area (Å²) in [5.74, 6) is -17.2. The van der Waals surface area contributed by atoms with Crippen LogP contribution in [0.25, 0.3) is 0 Å². The average molecular weight is 874 g/mol. The molecule has 4 fully saturated rings. The number of hydrogen-bond donors (Lipinski definition) is 15. The molecule has 0 aliphatic carbocycles. The van der Waals surface area contributed by atoms with Crippen molar-refractivity contribution in [1.29, 1.82) is 0 Å². The van der Waals surface area contributed by atoms with Crippen LogP contribution in [-0.2, 0) is 57.2 Å². The van der Waals surface area contributed by atoms with Gasteiger partial charge in [0.1, 0.15) is 61.5 Å². The molecule has 18 atom stereocenters. The van der Waals surface area contributed by atoms with Gasteiger partial charge in [-0.25, -0.2) is 14.4 Å². The van der Waals surface area contributed by atoms with E-state index in [4.69, 9.17) is 28.4 Å². The zero-order chi connectivity index (χ0) is 45.2. The molecule has 0 saturated carbocycles. The maximum Gasteiger partial charge on any atom is 0.367 e. The summed E-state index contributed by atoms with van der Waals surface area (Å²) < 4.78 is 33.2. The van der Waals surface area contributed by atoms with E-state index in [0.29, 0.717) is 0 Å². The van der Waals surface area contributed by atoms with E-state index in [2.05, 4.69) is 16.0 Å². The van der Waals surface area contributed by atoms with Crippen molar-refractivity contribution in [2.75, 3.05) is 19.8 Å². The number of carboxylic acids is 2. The molecule has 4 aliphatic rings. The molecule has 0 bridgehead atoms. The monoisotopic (exact) mass is 873 g/mol. The molecule has 342 valence electrons. The summed E-state index contributed by atoms with van der Waals surface area (Å²) in [5, 5.41) is 134. The zero-order valence-electron chi connectivity index (χ0n) is 32.2. The van der Waals surface area contributed by atoms with Gasteiger partial charge in [-0.1, -0.05) is 0 Å². The Bertz CT molecular complexity index is 1610. The van der Waals surface area contributed by atoms with Gasteiger partial charge in [0, 0.05) is 40.0 Å². The first-order valence-electron chi connectivity index (χ1n) is 18.4. The molecule has 27 nitrogen and oxygen atoms in total. The highest BCUT2D eigenvalue weighted by molar-refractivity contribution is 5.79. The summed E-state index contributed by atoms with van der Waals surface area (Å²) in [6.45, 7) is -0.363. The number of esters is 1. The molecule has 0 aromatic heterocycles. The van der Waals surface area contributed by atoms with E-state index < -0.39 is 183 Å². The topological polar surface area (TPSA) is 437 Å². The van der Waals surface area contributed by atoms with Crippen LogP contribution in [0.1, 0.15) is 40.0 Å². The number of ether oxygens (including phenoxy) is 6. The first-order valence-corrected chi connectivity index (χ1v) is 18.4. The molecule has 4 aliphatic heterocycles. The normalized spacial score (nSPS) is 39.6. The van der Waals surface area contributed by atoms with E-state index in [1.165, 1.54) is 0 Å². The fraction of sp³-hybridized carbons (Fsp3) is 0.818. The second-order valence-corrected chi connectivity index (χ2v) is 15.0. The minimum atomic E-state index is -3.24. The highest BCUT2D eigenvalue weighted by atomic mass is 16.8. The van der Waals surface area contributed by atoms with Crippen molar-refractivity contribution in [2.45, 2.75) is 149 Å². The van der Waals surface area contributed by atoms with Gasteiger partial charge in [-0.3, -0.25) is 14.4 Å². The number of hydrogen-bond acceptors (Lipinski definition) is 22. The summed E-state index contributed by atoms with van der Waals surface area (Å²) in [6, 6.07) is -5.01. The van der Waals surface area contributed by atoms with E-state index in [1.807, 2.05) is 0 Å². The van der Waals surface area contributed by atoms with Crippen LogP contribution in [0.15, 0.2) is 0 Å². The molecular formula is C33H51N3O24. The third kappa shape index (κ3) is 10.1. The highest BCUT2D eigenvalue weighted by Crippen LogP contribution is 2.41. The van der Waals surface area contributed by atoms with E-state index in [1.54, 1.807) is 0 Å². The predicted octanol–water partition coefficient (Wildman–Crippen LogP) is -9.04. The lowest BCUT2D eigenvalue weighted by molar-refractivity contribution is -0.366. The van der Waals surface area contributed by atoms with Crippen LogP contribution in [0.3, 0.4) is 0 Å². The average Bonchev–Trinajstić information content (AvgIpc) is 3.16. The van der Waals surface area contributed by atoms with Gasteiger partial charge in [0.2, 0.25) is 17.7 Å². The Morgan fingerprint density at radius 2 is 1.20 bits per heavy atom. The SMILES string of the molecule is CC(=O)N[C@H]1[C@H]([C@H](O)[C@H](O)CO)O[C@@]2(C[C@@H]1O)O[C@H]([C@@H](O)[C@@H]1O[C@@](O[C@H](CO)[C@@H](O)[C@@H]3O[C@](O)(C(=O)O)C[C@H](O)[C@H]3NC(C)=O)(C(=O)O)C[C@H](O)[C@H]1NC(C)=O)COC2=O. The molecule has 60 heavy (non-hydrogen) atoms. The maximum atomic E-state index is 13.3. The van der Waals surface area contributed by atoms with Crippen LogP contribution >= 0.6 is 0 Å². The number of aliphatic carboxylic acids is 2.